The maximum atomic E-state index is 12.7. The number of rotatable bonds is 11. The first-order chi connectivity index (χ1) is 20.8. The Morgan fingerprint density at radius 3 is 2.00 bits per heavy atom. The van der Waals surface area contributed by atoms with Crippen molar-refractivity contribution in [1.82, 2.24) is 20.2 Å². The largest absolute Gasteiger partial charge is 0.497 e. The van der Waals surface area contributed by atoms with Gasteiger partial charge >= 0.3 is 0 Å². The molecule has 218 valence electrons. The lowest BCUT2D eigenvalue weighted by molar-refractivity contribution is -0.113. The Bertz CT molecular complexity index is 1800. The van der Waals surface area contributed by atoms with Gasteiger partial charge in [-0.3, -0.25) is 9.52 Å². The number of carbonyl (C=O) groups is 1. The van der Waals surface area contributed by atoms with Crippen molar-refractivity contribution in [2.45, 2.75) is 10.1 Å². The maximum Gasteiger partial charge on any atom is 0.263 e. The van der Waals surface area contributed by atoms with Gasteiger partial charge < -0.3 is 14.8 Å². The number of amides is 1. The summed E-state index contributed by atoms with van der Waals surface area (Å²) < 4.78 is 38.2. The molecule has 0 aliphatic heterocycles. The summed E-state index contributed by atoms with van der Waals surface area (Å²) in [5.41, 5.74) is 3.23. The Morgan fingerprint density at radius 2 is 1.42 bits per heavy atom. The van der Waals surface area contributed by atoms with E-state index in [1.54, 1.807) is 32.4 Å². The van der Waals surface area contributed by atoms with E-state index in [9.17, 15) is 13.2 Å². The van der Waals surface area contributed by atoms with Gasteiger partial charge in [0.1, 0.15) is 28.7 Å². The number of carbonyl (C=O) groups excluding carboxylic acids is 1. The smallest absolute Gasteiger partial charge is 0.263 e. The molecule has 0 aliphatic carbocycles. The van der Waals surface area contributed by atoms with Crippen molar-refractivity contribution < 1.29 is 22.7 Å². The van der Waals surface area contributed by atoms with E-state index in [1.165, 1.54) is 30.5 Å². The summed E-state index contributed by atoms with van der Waals surface area (Å²) >= 11 is 1.13. The second-order valence-electron chi connectivity index (χ2n) is 8.93. The minimum absolute atomic E-state index is 0.00684. The molecule has 13 heteroatoms. The zero-order valence-corrected chi connectivity index (χ0v) is 24.7. The topological polar surface area (TPSA) is 145 Å². The summed E-state index contributed by atoms with van der Waals surface area (Å²) in [7, 11) is -0.630. The zero-order valence-electron chi connectivity index (χ0n) is 23.1. The molecule has 2 N–H and O–H groups in total. The first kappa shape index (κ1) is 29.5. The second kappa shape index (κ2) is 13.3. The Morgan fingerprint density at radius 1 is 0.791 bits per heavy atom. The van der Waals surface area contributed by atoms with Gasteiger partial charge in [-0.1, -0.05) is 17.8 Å². The number of nitrogens with one attached hydrogen (secondary N) is 2. The van der Waals surface area contributed by atoms with E-state index in [2.05, 4.69) is 25.2 Å². The van der Waals surface area contributed by atoms with E-state index in [4.69, 9.17) is 14.5 Å². The van der Waals surface area contributed by atoms with E-state index >= 15 is 0 Å². The number of thioether (sulfide) groups is 1. The summed E-state index contributed by atoms with van der Waals surface area (Å²) in [6.07, 6.45) is 1.49. The van der Waals surface area contributed by atoms with Crippen LogP contribution in [-0.2, 0) is 14.8 Å². The van der Waals surface area contributed by atoms with Gasteiger partial charge in [0, 0.05) is 23.0 Å². The molecule has 0 fully saturated rings. The molecule has 5 rings (SSSR count). The van der Waals surface area contributed by atoms with Crippen LogP contribution in [-0.4, -0.2) is 54.5 Å². The molecule has 11 nitrogen and oxygen atoms in total. The molecule has 0 saturated heterocycles. The van der Waals surface area contributed by atoms with Gasteiger partial charge in [0.2, 0.25) is 11.1 Å². The minimum Gasteiger partial charge on any atom is -0.497 e. The van der Waals surface area contributed by atoms with Crippen molar-refractivity contribution in [3.05, 3.63) is 97.2 Å². The molecule has 0 aliphatic rings. The van der Waals surface area contributed by atoms with Gasteiger partial charge in [0.15, 0.2) is 0 Å². The van der Waals surface area contributed by atoms with Crippen molar-refractivity contribution in [2.75, 3.05) is 30.0 Å². The predicted octanol–water partition coefficient (Wildman–Crippen LogP) is 5.15. The third-order valence-electron chi connectivity index (χ3n) is 6.08. The van der Waals surface area contributed by atoms with E-state index in [-0.39, 0.29) is 22.4 Å². The predicted molar refractivity (Wildman–Crippen MR) is 165 cm³/mol. The molecule has 0 radical (unpaired) electrons. The van der Waals surface area contributed by atoms with Crippen molar-refractivity contribution >= 4 is 39.2 Å². The molecule has 0 saturated carbocycles. The van der Waals surface area contributed by atoms with Gasteiger partial charge in [-0.15, -0.1) is 10.2 Å². The number of hydrogen-bond donors (Lipinski definition) is 2. The Balaban J connectivity index is 1.28. The quantitative estimate of drug-likeness (QED) is 0.192. The highest BCUT2D eigenvalue weighted by Crippen LogP contribution is 2.32. The van der Waals surface area contributed by atoms with Crippen molar-refractivity contribution in [2.24, 2.45) is 0 Å². The fourth-order valence-corrected chi connectivity index (χ4v) is 5.53. The number of anilines is 2. The molecule has 0 atom stereocenters. The normalized spacial score (nSPS) is 11.0. The van der Waals surface area contributed by atoms with Crippen LogP contribution in [0.1, 0.15) is 0 Å². The monoisotopic (exact) mass is 614 g/mol. The van der Waals surface area contributed by atoms with Crippen LogP contribution in [0.15, 0.2) is 107 Å². The summed E-state index contributed by atoms with van der Waals surface area (Å²) in [6.45, 7) is 0. The molecule has 2 heterocycles. The lowest BCUT2D eigenvalue weighted by atomic mass is 10.0. The molecule has 0 unspecified atom stereocenters. The molecule has 3 aromatic carbocycles. The number of benzene rings is 3. The minimum atomic E-state index is -3.83. The Labute approximate surface area is 252 Å². The molecule has 1 amide bonds. The summed E-state index contributed by atoms with van der Waals surface area (Å²) in [6, 6.07) is 25.6. The second-order valence-corrected chi connectivity index (χ2v) is 11.6. The van der Waals surface area contributed by atoms with Crippen LogP contribution in [0.3, 0.4) is 0 Å². The highest BCUT2D eigenvalue weighted by atomic mass is 32.2. The lowest BCUT2D eigenvalue weighted by Gasteiger charge is -2.11. The van der Waals surface area contributed by atoms with Gasteiger partial charge in [-0.25, -0.2) is 18.4 Å². The zero-order chi connectivity index (χ0) is 30.2. The van der Waals surface area contributed by atoms with Crippen molar-refractivity contribution in [1.29, 1.82) is 0 Å². The van der Waals surface area contributed by atoms with Gasteiger partial charge in [-0.2, -0.15) is 0 Å². The first-order valence-corrected chi connectivity index (χ1v) is 15.3. The van der Waals surface area contributed by atoms with Crippen LogP contribution >= 0.6 is 11.8 Å². The van der Waals surface area contributed by atoms with Crippen LogP contribution in [0.25, 0.3) is 22.5 Å². The van der Waals surface area contributed by atoms with Gasteiger partial charge in [-0.05, 0) is 84.9 Å². The Kier molecular flexibility index (Phi) is 9.13. The standard InChI is InChI=1S/C30H26N6O5S2/c1-40-23-12-6-20(7-13-23)28-29(21-8-14-24(41-2)15-9-21)34-35-30(33-28)42-19-27(37)32-22-10-16-25(17-11-22)43(38,39)36-26-5-3-4-18-31-26/h3-18H,19H2,1-2H3,(H,31,36)(H,32,37). The highest BCUT2D eigenvalue weighted by Gasteiger charge is 2.17. The number of nitrogens with zero attached hydrogens (tertiary/aromatic N) is 4. The van der Waals surface area contributed by atoms with E-state index in [0.29, 0.717) is 33.7 Å². The number of ether oxygens (including phenoxy) is 2. The first-order valence-electron chi connectivity index (χ1n) is 12.8. The molecule has 2 aromatic heterocycles. The number of sulfonamides is 1. The van der Waals surface area contributed by atoms with E-state index < -0.39 is 10.0 Å². The highest BCUT2D eigenvalue weighted by molar-refractivity contribution is 7.99. The number of methoxy groups -OCH3 is 2. The number of pyridine rings is 1. The molecule has 0 bridgehead atoms. The van der Waals surface area contributed by atoms with Crippen LogP contribution < -0.4 is 19.5 Å². The molecule has 43 heavy (non-hydrogen) atoms. The average molecular weight is 615 g/mol. The SMILES string of the molecule is COc1ccc(-c2nnc(SCC(=O)Nc3ccc(S(=O)(=O)Nc4ccccn4)cc3)nc2-c2ccc(OC)cc2)cc1. The summed E-state index contributed by atoms with van der Waals surface area (Å²) in [5, 5.41) is 11.8. The van der Waals surface area contributed by atoms with Gasteiger partial charge in [0.05, 0.1) is 24.9 Å². The van der Waals surface area contributed by atoms with Crippen LogP contribution in [0.4, 0.5) is 11.5 Å². The lowest BCUT2D eigenvalue weighted by Crippen LogP contribution is -2.16. The van der Waals surface area contributed by atoms with Crippen molar-refractivity contribution in [3.8, 4) is 34.0 Å². The number of hydrogen-bond acceptors (Lipinski definition) is 10. The molecular formula is C30H26N6O5S2. The maximum absolute atomic E-state index is 12.7. The van der Waals surface area contributed by atoms with Crippen LogP contribution in [0.5, 0.6) is 11.5 Å². The number of aromatic nitrogens is 4. The Hall–Kier alpha value is -5.01. The van der Waals surface area contributed by atoms with Gasteiger partial charge in [0.25, 0.3) is 10.0 Å². The van der Waals surface area contributed by atoms with E-state index in [1.807, 2.05) is 48.5 Å². The third-order valence-corrected chi connectivity index (χ3v) is 8.29. The fourth-order valence-electron chi connectivity index (χ4n) is 3.93. The summed E-state index contributed by atoms with van der Waals surface area (Å²) in [5.74, 6) is 1.32. The van der Waals surface area contributed by atoms with Crippen LogP contribution in [0.2, 0.25) is 0 Å². The fraction of sp³-hybridized carbons (Fsp3) is 0.100. The third kappa shape index (κ3) is 7.45. The molecule has 5 aromatic rings. The van der Waals surface area contributed by atoms with Crippen molar-refractivity contribution in [3.63, 3.8) is 0 Å². The molecular weight excluding hydrogens is 589 g/mol. The average Bonchev–Trinajstić information content (AvgIpc) is 3.04. The summed E-state index contributed by atoms with van der Waals surface area (Å²) in [4.78, 5) is 21.4. The van der Waals surface area contributed by atoms with E-state index in [0.717, 1.165) is 22.9 Å². The molecule has 0 spiro atoms. The van der Waals surface area contributed by atoms with Crippen LogP contribution in [0, 0.1) is 0 Å².